The van der Waals surface area contributed by atoms with Crippen LogP contribution in [-0.4, -0.2) is 44.2 Å². The van der Waals surface area contributed by atoms with E-state index >= 15 is 0 Å². The van der Waals surface area contributed by atoms with Crippen molar-refractivity contribution in [3.8, 4) is 11.5 Å². The SMILES string of the molecule is COCCNCCNC(=O)c1cccc(Oc2ccncc2)c1.Cl.Cl. The van der Waals surface area contributed by atoms with E-state index in [4.69, 9.17) is 9.47 Å². The van der Waals surface area contributed by atoms with Crippen molar-refractivity contribution in [2.24, 2.45) is 0 Å². The molecule has 8 heteroatoms. The van der Waals surface area contributed by atoms with Crippen LogP contribution >= 0.6 is 24.8 Å². The summed E-state index contributed by atoms with van der Waals surface area (Å²) in [4.78, 5) is 16.0. The maximum atomic E-state index is 12.1. The van der Waals surface area contributed by atoms with Crippen LogP contribution in [0.5, 0.6) is 11.5 Å². The average Bonchev–Trinajstić information content (AvgIpc) is 2.59. The predicted octanol–water partition coefficient (Wildman–Crippen LogP) is 2.68. The van der Waals surface area contributed by atoms with Crippen LogP contribution < -0.4 is 15.4 Å². The first-order chi connectivity index (χ1) is 11.3. The summed E-state index contributed by atoms with van der Waals surface area (Å²) in [6, 6.07) is 10.6. The van der Waals surface area contributed by atoms with Gasteiger partial charge in [-0.1, -0.05) is 6.07 Å². The predicted molar refractivity (Wildman–Crippen MR) is 102 cm³/mol. The Morgan fingerprint density at radius 3 is 2.52 bits per heavy atom. The van der Waals surface area contributed by atoms with Gasteiger partial charge in [0.05, 0.1) is 6.61 Å². The number of rotatable bonds is 9. The van der Waals surface area contributed by atoms with Crippen molar-refractivity contribution in [2.75, 3.05) is 33.4 Å². The molecule has 0 radical (unpaired) electrons. The standard InChI is InChI=1S/C17H21N3O3.2ClH/c1-22-12-11-19-9-10-20-17(21)14-3-2-4-16(13-14)23-15-5-7-18-8-6-15;;/h2-8,13,19H,9-12H2,1H3,(H,20,21);2*1H. The summed E-state index contributed by atoms with van der Waals surface area (Å²) in [6.07, 6.45) is 3.31. The fourth-order valence-electron chi connectivity index (χ4n) is 1.91. The summed E-state index contributed by atoms with van der Waals surface area (Å²) in [6.45, 7) is 2.67. The van der Waals surface area contributed by atoms with Crippen molar-refractivity contribution in [2.45, 2.75) is 0 Å². The number of benzene rings is 1. The van der Waals surface area contributed by atoms with Crippen LogP contribution in [0.4, 0.5) is 0 Å². The molecule has 25 heavy (non-hydrogen) atoms. The molecule has 0 saturated carbocycles. The fourth-order valence-corrected chi connectivity index (χ4v) is 1.91. The molecule has 0 atom stereocenters. The van der Waals surface area contributed by atoms with Crippen molar-refractivity contribution < 1.29 is 14.3 Å². The van der Waals surface area contributed by atoms with Crippen LogP contribution in [0.3, 0.4) is 0 Å². The molecule has 0 aliphatic heterocycles. The van der Waals surface area contributed by atoms with E-state index in [9.17, 15) is 4.79 Å². The Hall–Kier alpha value is -1.86. The second-order valence-corrected chi connectivity index (χ2v) is 4.81. The van der Waals surface area contributed by atoms with Gasteiger partial charge in [-0.25, -0.2) is 0 Å². The molecule has 2 rings (SSSR count). The van der Waals surface area contributed by atoms with Gasteiger partial charge in [-0.15, -0.1) is 24.8 Å². The molecule has 0 saturated heterocycles. The fraction of sp³-hybridized carbons (Fsp3) is 0.294. The molecule has 6 nitrogen and oxygen atoms in total. The number of aromatic nitrogens is 1. The maximum absolute atomic E-state index is 12.1. The van der Waals surface area contributed by atoms with Gasteiger partial charge < -0.3 is 20.1 Å². The molecule has 138 valence electrons. The van der Waals surface area contributed by atoms with Crippen molar-refractivity contribution in [3.63, 3.8) is 0 Å². The first-order valence-corrected chi connectivity index (χ1v) is 7.45. The zero-order valence-electron chi connectivity index (χ0n) is 13.9. The van der Waals surface area contributed by atoms with Gasteiger partial charge in [-0.2, -0.15) is 0 Å². The van der Waals surface area contributed by atoms with Gasteiger partial charge in [0.25, 0.3) is 5.91 Å². The minimum atomic E-state index is -0.126. The smallest absolute Gasteiger partial charge is 0.251 e. The molecule has 1 aromatic heterocycles. The highest BCUT2D eigenvalue weighted by molar-refractivity contribution is 5.94. The summed E-state index contributed by atoms with van der Waals surface area (Å²) in [5, 5.41) is 6.03. The minimum absolute atomic E-state index is 0. The van der Waals surface area contributed by atoms with E-state index in [1.807, 2.05) is 6.07 Å². The summed E-state index contributed by atoms with van der Waals surface area (Å²) in [5.41, 5.74) is 0.563. The third kappa shape index (κ3) is 8.69. The van der Waals surface area contributed by atoms with Crippen molar-refractivity contribution in [1.29, 1.82) is 0 Å². The third-order valence-corrected chi connectivity index (χ3v) is 3.05. The van der Waals surface area contributed by atoms with E-state index in [1.165, 1.54) is 0 Å². The number of amides is 1. The monoisotopic (exact) mass is 387 g/mol. The lowest BCUT2D eigenvalue weighted by atomic mass is 10.2. The lowest BCUT2D eigenvalue weighted by Crippen LogP contribution is -2.33. The lowest BCUT2D eigenvalue weighted by Gasteiger charge is -2.09. The normalized spacial score (nSPS) is 9.48. The Morgan fingerprint density at radius 2 is 1.80 bits per heavy atom. The molecule has 0 spiro atoms. The molecule has 0 fully saturated rings. The minimum Gasteiger partial charge on any atom is -0.457 e. The summed E-state index contributed by atoms with van der Waals surface area (Å²) >= 11 is 0. The largest absolute Gasteiger partial charge is 0.457 e. The zero-order chi connectivity index (χ0) is 16.3. The number of carbonyl (C=O) groups excluding carboxylic acids is 1. The van der Waals surface area contributed by atoms with Crippen molar-refractivity contribution >= 4 is 30.7 Å². The Morgan fingerprint density at radius 1 is 1.04 bits per heavy atom. The Kier molecular flexibility index (Phi) is 12.4. The number of hydrogen-bond donors (Lipinski definition) is 2. The van der Waals surface area contributed by atoms with Crippen molar-refractivity contribution in [3.05, 3.63) is 54.4 Å². The molecular formula is C17H23Cl2N3O3. The lowest BCUT2D eigenvalue weighted by molar-refractivity contribution is 0.0953. The van der Waals surface area contributed by atoms with Gasteiger partial charge in [-0.05, 0) is 30.3 Å². The van der Waals surface area contributed by atoms with Crippen LogP contribution in [0.15, 0.2) is 48.8 Å². The summed E-state index contributed by atoms with van der Waals surface area (Å²) in [7, 11) is 1.66. The molecule has 0 bridgehead atoms. The zero-order valence-corrected chi connectivity index (χ0v) is 15.6. The first kappa shape index (κ1) is 23.1. The second-order valence-electron chi connectivity index (χ2n) is 4.81. The van der Waals surface area contributed by atoms with E-state index in [2.05, 4.69) is 15.6 Å². The van der Waals surface area contributed by atoms with Crippen molar-refractivity contribution in [1.82, 2.24) is 15.6 Å². The molecular weight excluding hydrogens is 365 g/mol. The van der Waals surface area contributed by atoms with E-state index < -0.39 is 0 Å². The Bertz CT molecular complexity index is 615. The Labute approximate surface area is 160 Å². The highest BCUT2D eigenvalue weighted by atomic mass is 35.5. The first-order valence-electron chi connectivity index (χ1n) is 7.45. The topological polar surface area (TPSA) is 72.5 Å². The van der Waals surface area contributed by atoms with E-state index in [-0.39, 0.29) is 30.7 Å². The van der Waals surface area contributed by atoms with Gasteiger partial charge in [0.2, 0.25) is 0 Å². The third-order valence-electron chi connectivity index (χ3n) is 3.05. The highest BCUT2D eigenvalue weighted by Crippen LogP contribution is 2.21. The van der Waals surface area contributed by atoms with Crippen LogP contribution in [0.25, 0.3) is 0 Å². The highest BCUT2D eigenvalue weighted by Gasteiger charge is 2.06. The Balaban J connectivity index is 0.00000288. The second kappa shape index (κ2) is 13.4. The van der Waals surface area contributed by atoms with Crippen LogP contribution in [0.1, 0.15) is 10.4 Å². The van der Waals surface area contributed by atoms with Crippen LogP contribution in [-0.2, 0) is 4.74 Å². The van der Waals surface area contributed by atoms with E-state index in [1.54, 1.807) is 49.8 Å². The molecule has 0 aliphatic carbocycles. The quantitative estimate of drug-likeness (QED) is 0.647. The number of nitrogens with one attached hydrogen (secondary N) is 2. The molecule has 0 aliphatic rings. The van der Waals surface area contributed by atoms with E-state index in [0.717, 1.165) is 6.54 Å². The van der Waals surface area contributed by atoms with Crippen LogP contribution in [0, 0.1) is 0 Å². The number of halogens is 2. The summed E-state index contributed by atoms with van der Waals surface area (Å²) < 4.78 is 10.6. The molecule has 1 heterocycles. The molecule has 1 amide bonds. The summed E-state index contributed by atoms with van der Waals surface area (Å²) in [5.74, 6) is 1.17. The van der Waals surface area contributed by atoms with Gasteiger partial charge >= 0.3 is 0 Å². The maximum Gasteiger partial charge on any atom is 0.251 e. The number of methoxy groups -OCH3 is 1. The molecule has 2 aromatic rings. The van der Waals surface area contributed by atoms with Crippen LogP contribution in [0.2, 0.25) is 0 Å². The molecule has 0 unspecified atom stereocenters. The number of pyridine rings is 1. The number of carbonyl (C=O) groups is 1. The van der Waals surface area contributed by atoms with Gasteiger partial charge in [0.1, 0.15) is 11.5 Å². The average molecular weight is 388 g/mol. The van der Waals surface area contributed by atoms with E-state index in [0.29, 0.717) is 36.8 Å². The van der Waals surface area contributed by atoms with Gasteiger partial charge in [-0.3, -0.25) is 9.78 Å². The van der Waals surface area contributed by atoms with Gasteiger partial charge in [0.15, 0.2) is 0 Å². The molecule has 1 aromatic carbocycles. The molecule has 2 N–H and O–H groups in total. The number of nitrogens with zero attached hydrogens (tertiary/aromatic N) is 1. The number of ether oxygens (including phenoxy) is 2. The van der Waals surface area contributed by atoms with Gasteiger partial charge in [0, 0.05) is 44.7 Å². The number of hydrogen-bond acceptors (Lipinski definition) is 5.